The van der Waals surface area contributed by atoms with Gasteiger partial charge in [0.15, 0.2) is 0 Å². The second-order valence-corrected chi connectivity index (χ2v) is 6.44. The fourth-order valence-electron chi connectivity index (χ4n) is 2.65. The predicted octanol–water partition coefficient (Wildman–Crippen LogP) is 0.260. The van der Waals surface area contributed by atoms with Gasteiger partial charge in [-0.2, -0.15) is 0 Å². The Balaban J connectivity index is 2.02. The minimum absolute atomic E-state index is 0.0565. The molecule has 1 aliphatic carbocycles. The van der Waals surface area contributed by atoms with Crippen LogP contribution < -0.4 is 5.14 Å². The molecule has 1 aliphatic rings. The molecule has 0 spiro atoms. The normalized spacial score (nSPS) is 17.3. The summed E-state index contributed by atoms with van der Waals surface area (Å²) in [6.07, 6.45) is 0.825. The number of benzene rings is 1. The highest BCUT2D eigenvalue weighted by Gasteiger charge is 2.33. The Morgan fingerprint density at radius 2 is 2.14 bits per heavy atom. The van der Waals surface area contributed by atoms with Crippen LogP contribution in [0.25, 0.3) is 0 Å². The van der Waals surface area contributed by atoms with E-state index in [1.54, 1.807) is 11.7 Å². The van der Waals surface area contributed by atoms with Crippen LogP contribution in [-0.2, 0) is 27.7 Å². The topological polar surface area (TPSA) is 100 Å². The zero-order valence-electron chi connectivity index (χ0n) is 11.6. The molecule has 0 bridgehead atoms. The number of ether oxygens (including phenoxy) is 1. The summed E-state index contributed by atoms with van der Waals surface area (Å²) >= 11 is 0. The molecule has 3 rings (SSSR count). The molecule has 0 radical (unpaired) electrons. The van der Waals surface area contributed by atoms with Crippen molar-refractivity contribution < 1.29 is 13.2 Å². The summed E-state index contributed by atoms with van der Waals surface area (Å²) in [5.74, 6) is 0.677. The second-order valence-electron chi connectivity index (χ2n) is 4.99. The van der Waals surface area contributed by atoms with Gasteiger partial charge in [0.25, 0.3) is 15.2 Å². The lowest BCUT2D eigenvalue weighted by Gasteiger charge is -2.29. The summed E-state index contributed by atoms with van der Waals surface area (Å²) < 4.78 is 29.8. The number of hydrogen-bond acceptors (Lipinski definition) is 5. The van der Waals surface area contributed by atoms with Crippen molar-refractivity contribution in [2.45, 2.75) is 24.0 Å². The highest BCUT2D eigenvalue weighted by molar-refractivity contribution is 7.89. The molecule has 2 aromatic rings. The molecule has 2 N–H and O–H groups in total. The van der Waals surface area contributed by atoms with E-state index in [1.807, 2.05) is 18.2 Å². The van der Waals surface area contributed by atoms with Crippen LogP contribution in [0.5, 0.6) is 0 Å². The summed E-state index contributed by atoms with van der Waals surface area (Å²) in [5.41, 5.74) is 2.41. The van der Waals surface area contributed by atoms with Gasteiger partial charge in [0.2, 0.25) is 0 Å². The van der Waals surface area contributed by atoms with Gasteiger partial charge in [0.05, 0.1) is 6.61 Å². The SMILES string of the molecule is COCCn1c(C2Cc3ccccc32)nnc1S(N)(=O)=O. The van der Waals surface area contributed by atoms with Gasteiger partial charge < -0.3 is 4.74 Å². The summed E-state index contributed by atoms with van der Waals surface area (Å²) in [4.78, 5) is 0. The largest absolute Gasteiger partial charge is 0.383 e. The van der Waals surface area contributed by atoms with Crippen LogP contribution in [-0.4, -0.2) is 36.9 Å². The number of methoxy groups -OCH3 is 1. The summed E-state index contributed by atoms with van der Waals surface area (Å²) in [5, 5.41) is 12.8. The smallest absolute Gasteiger partial charge is 0.273 e. The average Bonchev–Trinajstić information content (AvgIpc) is 2.81. The minimum atomic E-state index is -3.90. The highest BCUT2D eigenvalue weighted by atomic mass is 32.2. The predicted molar refractivity (Wildman–Crippen MR) is 75.3 cm³/mol. The van der Waals surface area contributed by atoms with Gasteiger partial charge >= 0.3 is 0 Å². The zero-order chi connectivity index (χ0) is 15.0. The third kappa shape index (κ3) is 2.45. The van der Waals surface area contributed by atoms with E-state index in [4.69, 9.17) is 9.88 Å². The summed E-state index contributed by atoms with van der Waals surface area (Å²) in [6, 6.07) is 8.03. The van der Waals surface area contributed by atoms with E-state index in [1.165, 1.54) is 5.56 Å². The van der Waals surface area contributed by atoms with Crippen molar-refractivity contribution in [1.82, 2.24) is 14.8 Å². The molecule has 1 atom stereocenters. The van der Waals surface area contributed by atoms with E-state index in [0.29, 0.717) is 19.0 Å². The monoisotopic (exact) mass is 308 g/mol. The van der Waals surface area contributed by atoms with Crippen LogP contribution in [0.1, 0.15) is 22.9 Å². The molecule has 7 nitrogen and oxygen atoms in total. The van der Waals surface area contributed by atoms with Crippen LogP contribution >= 0.6 is 0 Å². The molecule has 0 aliphatic heterocycles. The third-order valence-electron chi connectivity index (χ3n) is 3.69. The van der Waals surface area contributed by atoms with Crippen LogP contribution in [0, 0.1) is 0 Å². The molecule has 1 aromatic heterocycles. The van der Waals surface area contributed by atoms with E-state index in [9.17, 15) is 8.42 Å². The maximum Gasteiger partial charge on any atom is 0.273 e. The van der Waals surface area contributed by atoms with E-state index < -0.39 is 10.0 Å². The molecule has 8 heteroatoms. The lowest BCUT2D eigenvalue weighted by atomic mass is 9.77. The van der Waals surface area contributed by atoms with E-state index >= 15 is 0 Å². The van der Waals surface area contributed by atoms with Crippen molar-refractivity contribution >= 4 is 10.0 Å². The molecule has 1 aromatic carbocycles. The van der Waals surface area contributed by atoms with E-state index in [2.05, 4.69) is 16.3 Å². The van der Waals surface area contributed by atoms with Crippen LogP contribution in [0.15, 0.2) is 29.4 Å². The van der Waals surface area contributed by atoms with Crippen LogP contribution in [0.3, 0.4) is 0 Å². The maximum absolute atomic E-state index is 11.6. The summed E-state index contributed by atoms with van der Waals surface area (Å²) in [7, 11) is -2.35. The number of primary sulfonamides is 1. The van der Waals surface area contributed by atoms with Gasteiger partial charge in [0, 0.05) is 19.6 Å². The Morgan fingerprint density at radius 1 is 1.38 bits per heavy atom. The van der Waals surface area contributed by atoms with Gasteiger partial charge in [-0.05, 0) is 17.5 Å². The second kappa shape index (κ2) is 5.21. The van der Waals surface area contributed by atoms with Gasteiger partial charge in [-0.3, -0.25) is 4.57 Å². The fourth-order valence-corrected chi connectivity index (χ4v) is 3.30. The Bertz CT molecular complexity index is 769. The van der Waals surface area contributed by atoms with Crippen LogP contribution in [0.2, 0.25) is 0 Å². The first kappa shape index (κ1) is 14.2. The molecular weight excluding hydrogens is 292 g/mol. The third-order valence-corrected chi connectivity index (χ3v) is 4.50. The standard InChI is InChI=1S/C13H16N4O3S/c1-20-7-6-17-12(15-16-13(17)21(14,18)19)11-8-9-4-2-3-5-10(9)11/h2-5,11H,6-8H2,1H3,(H2,14,18,19). The summed E-state index contributed by atoms with van der Waals surface area (Å²) in [6.45, 7) is 0.713. The molecule has 0 amide bonds. The van der Waals surface area contributed by atoms with Crippen molar-refractivity contribution in [3.8, 4) is 0 Å². The Kier molecular flexibility index (Phi) is 3.52. The molecule has 1 heterocycles. The number of fused-ring (bicyclic) bond motifs is 1. The van der Waals surface area contributed by atoms with Crippen LogP contribution in [0.4, 0.5) is 0 Å². The first-order valence-corrected chi connectivity index (χ1v) is 8.09. The van der Waals surface area contributed by atoms with Gasteiger partial charge in [-0.15, -0.1) is 10.2 Å². The van der Waals surface area contributed by atoms with Gasteiger partial charge in [-0.25, -0.2) is 13.6 Å². The van der Waals surface area contributed by atoms with E-state index in [-0.39, 0.29) is 11.1 Å². The number of aromatic nitrogens is 3. The molecular formula is C13H16N4O3S. The van der Waals surface area contributed by atoms with Crippen molar-refractivity contribution in [3.63, 3.8) is 0 Å². The number of hydrogen-bond donors (Lipinski definition) is 1. The fraction of sp³-hybridized carbons (Fsp3) is 0.385. The quantitative estimate of drug-likeness (QED) is 0.854. The molecule has 0 saturated heterocycles. The zero-order valence-corrected chi connectivity index (χ0v) is 12.4. The maximum atomic E-state index is 11.6. The highest BCUT2D eigenvalue weighted by Crippen LogP contribution is 2.39. The lowest BCUT2D eigenvalue weighted by Crippen LogP contribution is -2.25. The van der Waals surface area contributed by atoms with Crippen molar-refractivity contribution in [2.24, 2.45) is 5.14 Å². The lowest BCUT2D eigenvalue weighted by molar-refractivity contribution is 0.183. The number of sulfonamides is 1. The molecule has 0 fully saturated rings. The number of rotatable bonds is 5. The van der Waals surface area contributed by atoms with Gasteiger partial charge in [-0.1, -0.05) is 24.3 Å². The van der Waals surface area contributed by atoms with Crippen molar-refractivity contribution in [2.75, 3.05) is 13.7 Å². The molecule has 21 heavy (non-hydrogen) atoms. The molecule has 112 valence electrons. The average molecular weight is 308 g/mol. The Morgan fingerprint density at radius 3 is 2.81 bits per heavy atom. The van der Waals surface area contributed by atoms with Crippen molar-refractivity contribution in [1.29, 1.82) is 0 Å². The number of nitrogens with zero attached hydrogens (tertiary/aromatic N) is 3. The number of nitrogens with two attached hydrogens (primary N) is 1. The first-order valence-electron chi connectivity index (χ1n) is 6.55. The minimum Gasteiger partial charge on any atom is -0.383 e. The molecule has 0 saturated carbocycles. The first-order chi connectivity index (χ1) is 10.0. The van der Waals surface area contributed by atoms with Crippen molar-refractivity contribution in [3.05, 3.63) is 41.2 Å². The Hall–Kier alpha value is -1.77. The Labute approximate surface area is 122 Å². The van der Waals surface area contributed by atoms with Gasteiger partial charge in [0.1, 0.15) is 5.82 Å². The van der Waals surface area contributed by atoms with E-state index in [0.717, 1.165) is 12.0 Å². The molecule has 1 unspecified atom stereocenters.